The standard InChI is InChI=1S/C14H17FN2S/c15-12-4-1-5-13(9-12)18-8-6-11-3-2-7-14(11,17)10-16/h1,4-5,9,11H,2-3,6-8,17H2. The molecule has 1 aliphatic carbocycles. The maximum absolute atomic E-state index is 13.0. The van der Waals surface area contributed by atoms with Gasteiger partial charge in [0.25, 0.3) is 0 Å². The highest BCUT2D eigenvalue weighted by molar-refractivity contribution is 7.99. The Labute approximate surface area is 111 Å². The second-order valence-corrected chi connectivity index (χ2v) is 6.00. The molecule has 1 fully saturated rings. The second kappa shape index (κ2) is 5.73. The third-order valence-electron chi connectivity index (χ3n) is 3.61. The van der Waals surface area contributed by atoms with Gasteiger partial charge in [-0.25, -0.2) is 4.39 Å². The van der Waals surface area contributed by atoms with Gasteiger partial charge in [-0.05, 0) is 49.1 Å². The topological polar surface area (TPSA) is 49.8 Å². The highest BCUT2D eigenvalue weighted by atomic mass is 32.2. The zero-order valence-corrected chi connectivity index (χ0v) is 11.0. The smallest absolute Gasteiger partial charge is 0.124 e. The van der Waals surface area contributed by atoms with E-state index in [0.29, 0.717) is 0 Å². The summed E-state index contributed by atoms with van der Waals surface area (Å²) in [6.45, 7) is 0. The summed E-state index contributed by atoms with van der Waals surface area (Å²) in [6.07, 6.45) is 3.80. The lowest BCUT2D eigenvalue weighted by atomic mass is 9.88. The van der Waals surface area contributed by atoms with E-state index in [0.717, 1.165) is 36.3 Å². The minimum Gasteiger partial charge on any atom is -0.313 e. The van der Waals surface area contributed by atoms with E-state index < -0.39 is 5.54 Å². The maximum atomic E-state index is 13.0. The summed E-state index contributed by atoms with van der Waals surface area (Å²) in [4.78, 5) is 0.938. The SMILES string of the molecule is N#CC1(N)CCCC1CCSc1cccc(F)c1. The van der Waals surface area contributed by atoms with Gasteiger partial charge in [-0.1, -0.05) is 12.5 Å². The molecule has 0 spiro atoms. The molecule has 1 aromatic carbocycles. The zero-order valence-electron chi connectivity index (χ0n) is 10.2. The molecule has 0 aromatic heterocycles. The fourth-order valence-electron chi connectivity index (χ4n) is 2.53. The Kier molecular flexibility index (Phi) is 4.26. The number of thioether (sulfide) groups is 1. The first-order valence-corrected chi connectivity index (χ1v) is 7.21. The van der Waals surface area contributed by atoms with Gasteiger partial charge >= 0.3 is 0 Å². The van der Waals surface area contributed by atoms with Crippen molar-refractivity contribution in [3.63, 3.8) is 0 Å². The van der Waals surface area contributed by atoms with Gasteiger partial charge in [-0.2, -0.15) is 5.26 Å². The minimum absolute atomic E-state index is 0.203. The predicted octanol–water partition coefficient (Wildman–Crippen LogP) is 3.33. The lowest BCUT2D eigenvalue weighted by Crippen LogP contribution is -2.41. The van der Waals surface area contributed by atoms with Gasteiger partial charge in [0.1, 0.15) is 11.4 Å². The van der Waals surface area contributed by atoms with Crippen LogP contribution < -0.4 is 5.73 Å². The monoisotopic (exact) mass is 264 g/mol. The number of hydrogen-bond acceptors (Lipinski definition) is 3. The normalized spacial score (nSPS) is 27.1. The third kappa shape index (κ3) is 3.04. The molecule has 0 heterocycles. The van der Waals surface area contributed by atoms with E-state index >= 15 is 0 Å². The molecule has 0 amide bonds. The van der Waals surface area contributed by atoms with Gasteiger partial charge in [0, 0.05) is 4.90 Å². The first-order valence-electron chi connectivity index (χ1n) is 6.22. The molecule has 0 radical (unpaired) electrons. The quantitative estimate of drug-likeness (QED) is 0.849. The average Bonchev–Trinajstić information content (AvgIpc) is 2.72. The molecule has 1 saturated carbocycles. The van der Waals surface area contributed by atoms with Crippen LogP contribution in [-0.2, 0) is 0 Å². The molecule has 4 heteroatoms. The first kappa shape index (κ1) is 13.4. The fraction of sp³-hybridized carbons (Fsp3) is 0.500. The summed E-state index contributed by atoms with van der Waals surface area (Å²) in [6, 6.07) is 8.87. The van der Waals surface area contributed by atoms with E-state index in [1.165, 1.54) is 6.07 Å². The third-order valence-corrected chi connectivity index (χ3v) is 4.64. The Balaban J connectivity index is 1.84. The van der Waals surface area contributed by atoms with Crippen LogP contribution in [0.3, 0.4) is 0 Å². The number of nitrogens with two attached hydrogens (primary N) is 1. The molecular weight excluding hydrogens is 247 g/mol. The van der Waals surface area contributed by atoms with Gasteiger partial charge in [0.2, 0.25) is 0 Å². The summed E-state index contributed by atoms with van der Waals surface area (Å²) in [5.74, 6) is 0.962. The van der Waals surface area contributed by atoms with Gasteiger partial charge < -0.3 is 5.73 Å². The van der Waals surface area contributed by atoms with Crippen molar-refractivity contribution in [2.75, 3.05) is 5.75 Å². The van der Waals surface area contributed by atoms with Crippen molar-refractivity contribution in [3.8, 4) is 6.07 Å². The second-order valence-electron chi connectivity index (χ2n) is 4.84. The van der Waals surface area contributed by atoms with Crippen molar-refractivity contribution in [1.29, 1.82) is 5.26 Å². The predicted molar refractivity (Wildman–Crippen MR) is 71.6 cm³/mol. The van der Waals surface area contributed by atoms with Crippen LogP contribution in [0.15, 0.2) is 29.2 Å². The minimum atomic E-state index is -0.636. The van der Waals surface area contributed by atoms with E-state index in [2.05, 4.69) is 6.07 Å². The van der Waals surface area contributed by atoms with Crippen molar-refractivity contribution in [2.24, 2.45) is 11.7 Å². The van der Waals surface area contributed by atoms with Crippen molar-refractivity contribution in [3.05, 3.63) is 30.1 Å². The van der Waals surface area contributed by atoms with Gasteiger partial charge in [0.05, 0.1) is 6.07 Å². The maximum Gasteiger partial charge on any atom is 0.124 e. The molecule has 2 atom stereocenters. The summed E-state index contributed by atoms with van der Waals surface area (Å²) < 4.78 is 13.0. The summed E-state index contributed by atoms with van der Waals surface area (Å²) >= 11 is 1.63. The van der Waals surface area contributed by atoms with Crippen molar-refractivity contribution in [1.82, 2.24) is 0 Å². The number of hydrogen-bond donors (Lipinski definition) is 1. The molecular formula is C14H17FN2S. The fourth-order valence-corrected chi connectivity index (χ4v) is 3.54. The molecule has 0 bridgehead atoms. The number of benzene rings is 1. The molecule has 18 heavy (non-hydrogen) atoms. The summed E-state index contributed by atoms with van der Waals surface area (Å²) in [7, 11) is 0. The van der Waals surface area contributed by atoms with E-state index in [1.54, 1.807) is 23.9 Å². The van der Waals surface area contributed by atoms with E-state index in [-0.39, 0.29) is 11.7 Å². The van der Waals surface area contributed by atoms with Crippen molar-refractivity contribution in [2.45, 2.75) is 36.1 Å². The highest BCUT2D eigenvalue weighted by Crippen LogP contribution is 2.36. The van der Waals surface area contributed by atoms with Crippen LogP contribution in [0.25, 0.3) is 0 Å². The van der Waals surface area contributed by atoms with E-state index in [9.17, 15) is 4.39 Å². The van der Waals surface area contributed by atoms with Gasteiger partial charge in [-0.15, -0.1) is 11.8 Å². The van der Waals surface area contributed by atoms with Gasteiger partial charge in [0.15, 0.2) is 0 Å². The molecule has 96 valence electrons. The van der Waals surface area contributed by atoms with Crippen LogP contribution in [0.4, 0.5) is 4.39 Å². The molecule has 2 N–H and O–H groups in total. The number of rotatable bonds is 4. The Bertz CT molecular complexity index is 457. The summed E-state index contributed by atoms with van der Waals surface area (Å²) in [5.41, 5.74) is 5.44. The number of nitriles is 1. The lowest BCUT2D eigenvalue weighted by Gasteiger charge is -2.23. The molecule has 1 aliphatic rings. The molecule has 2 nitrogen and oxygen atoms in total. The molecule has 2 rings (SSSR count). The van der Waals surface area contributed by atoms with Gasteiger partial charge in [-0.3, -0.25) is 0 Å². The van der Waals surface area contributed by atoms with Crippen LogP contribution in [-0.4, -0.2) is 11.3 Å². The summed E-state index contributed by atoms with van der Waals surface area (Å²) in [5, 5.41) is 9.12. The van der Waals surface area contributed by atoms with Crippen LogP contribution in [0.1, 0.15) is 25.7 Å². The largest absolute Gasteiger partial charge is 0.313 e. The zero-order chi connectivity index (χ0) is 13.0. The molecule has 2 unspecified atom stereocenters. The first-order chi connectivity index (χ1) is 8.64. The Morgan fingerprint density at radius 1 is 1.56 bits per heavy atom. The number of halogens is 1. The molecule has 0 aliphatic heterocycles. The van der Waals surface area contributed by atoms with E-state index in [4.69, 9.17) is 11.0 Å². The van der Waals surface area contributed by atoms with Crippen LogP contribution >= 0.6 is 11.8 Å². The average molecular weight is 264 g/mol. The molecule has 1 aromatic rings. The van der Waals surface area contributed by atoms with Crippen LogP contribution in [0.5, 0.6) is 0 Å². The Hall–Kier alpha value is -1.05. The van der Waals surface area contributed by atoms with E-state index in [1.807, 2.05) is 6.07 Å². The number of nitrogens with zero attached hydrogens (tertiary/aromatic N) is 1. The van der Waals surface area contributed by atoms with Crippen molar-refractivity contribution < 1.29 is 4.39 Å². The van der Waals surface area contributed by atoms with Crippen molar-refractivity contribution >= 4 is 11.8 Å². The van der Waals surface area contributed by atoms with Crippen LogP contribution in [0, 0.1) is 23.1 Å². The lowest BCUT2D eigenvalue weighted by molar-refractivity contribution is 0.389. The molecule has 0 saturated heterocycles. The Morgan fingerprint density at radius 3 is 3.11 bits per heavy atom. The van der Waals surface area contributed by atoms with Crippen LogP contribution in [0.2, 0.25) is 0 Å². The Morgan fingerprint density at radius 2 is 2.39 bits per heavy atom. The highest BCUT2D eigenvalue weighted by Gasteiger charge is 2.39.